The molecule has 4 atom stereocenters. The van der Waals surface area contributed by atoms with Crippen LogP contribution in [0.4, 0.5) is 13.2 Å². The Kier molecular flexibility index (Phi) is 5.41. The Morgan fingerprint density at radius 2 is 1.64 bits per heavy atom. The number of aromatic nitrogens is 2. The number of fused-ring (bicyclic) bond motifs is 2. The van der Waals surface area contributed by atoms with Crippen molar-refractivity contribution >= 4 is 11.8 Å². The van der Waals surface area contributed by atoms with Crippen LogP contribution in [0.2, 0.25) is 0 Å². The summed E-state index contributed by atoms with van der Waals surface area (Å²) < 4.78 is 44.1. The molecule has 176 valence electrons. The lowest BCUT2D eigenvalue weighted by molar-refractivity contribution is -0.143. The highest BCUT2D eigenvalue weighted by Crippen LogP contribution is 2.57. The Morgan fingerprint density at radius 3 is 2.27 bits per heavy atom. The van der Waals surface area contributed by atoms with Crippen molar-refractivity contribution in [3.63, 3.8) is 0 Å². The second-order valence-electron chi connectivity index (χ2n) is 9.25. The molecule has 0 spiro atoms. The number of benzene rings is 1. The van der Waals surface area contributed by atoms with E-state index in [0.717, 1.165) is 31.4 Å². The predicted molar refractivity (Wildman–Crippen MR) is 111 cm³/mol. The van der Waals surface area contributed by atoms with E-state index in [9.17, 15) is 22.8 Å². The molecule has 2 heterocycles. The summed E-state index contributed by atoms with van der Waals surface area (Å²) in [6.45, 7) is 3.63. The van der Waals surface area contributed by atoms with Gasteiger partial charge in [0.1, 0.15) is 0 Å². The average Bonchev–Trinajstić information content (AvgIpc) is 3.54. The SMILES string of the molecule is CC(=O)N1CCN(C(=O)[C@H]2[C@H]3CC[C@H](C3)[C@@H]2c2nc(-c3ccc(C(F)(F)F)cc3)no2)CC1. The summed E-state index contributed by atoms with van der Waals surface area (Å²) in [4.78, 5) is 33.2. The summed E-state index contributed by atoms with van der Waals surface area (Å²) in [5, 5.41) is 4.01. The van der Waals surface area contributed by atoms with Crippen molar-refractivity contribution in [1.82, 2.24) is 19.9 Å². The van der Waals surface area contributed by atoms with Gasteiger partial charge in [0, 0.05) is 38.7 Å². The van der Waals surface area contributed by atoms with E-state index < -0.39 is 11.7 Å². The van der Waals surface area contributed by atoms with Crippen LogP contribution in [0, 0.1) is 17.8 Å². The number of carbonyl (C=O) groups excluding carboxylic acids is 2. The number of rotatable bonds is 3. The van der Waals surface area contributed by atoms with Gasteiger partial charge in [-0.15, -0.1) is 0 Å². The predicted octanol–water partition coefficient (Wildman–Crippen LogP) is 3.58. The van der Waals surface area contributed by atoms with Gasteiger partial charge in [-0.2, -0.15) is 18.2 Å². The summed E-state index contributed by atoms with van der Waals surface area (Å²) in [6, 6.07) is 4.65. The van der Waals surface area contributed by atoms with Gasteiger partial charge >= 0.3 is 6.18 Å². The highest BCUT2D eigenvalue weighted by atomic mass is 19.4. The van der Waals surface area contributed by atoms with Crippen molar-refractivity contribution < 1.29 is 27.3 Å². The van der Waals surface area contributed by atoms with E-state index in [1.165, 1.54) is 19.1 Å². The van der Waals surface area contributed by atoms with Gasteiger partial charge in [-0.1, -0.05) is 17.3 Å². The molecule has 1 aliphatic heterocycles. The molecule has 2 aromatic rings. The van der Waals surface area contributed by atoms with Gasteiger partial charge < -0.3 is 14.3 Å². The molecule has 0 N–H and O–H groups in total. The minimum absolute atomic E-state index is 0.0153. The maximum absolute atomic E-state index is 13.5. The zero-order valence-electron chi connectivity index (χ0n) is 18.2. The number of piperazine rings is 1. The normalized spacial score (nSPS) is 27.3. The number of halogens is 3. The Labute approximate surface area is 188 Å². The summed E-state index contributed by atoms with van der Waals surface area (Å²) >= 11 is 0. The molecular formula is C23H25F3N4O3. The van der Waals surface area contributed by atoms with Crippen molar-refractivity contribution in [3.8, 4) is 11.4 Å². The van der Waals surface area contributed by atoms with E-state index >= 15 is 0 Å². The highest BCUT2D eigenvalue weighted by molar-refractivity contribution is 5.81. The number of nitrogens with zero attached hydrogens (tertiary/aromatic N) is 4. The first-order chi connectivity index (χ1) is 15.7. The lowest BCUT2D eigenvalue weighted by Gasteiger charge is -2.38. The van der Waals surface area contributed by atoms with Gasteiger partial charge in [-0.25, -0.2) is 0 Å². The molecule has 0 unspecified atom stereocenters. The molecule has 3 fully saturated rings. The van der Waals surface area contributed by atoms with Crippen LogP contribution in [0.25, 0.3) is 11.4 Å². The molecule has 33 heavy (non-hydrogen) atoms. The van der Waals surface area contributed by atoms with Gasteiger partial charge in [-0.3, -0.25) is 9.59 Å². The van der Waals surface area contributed by atoms with Crippen LogP contribution < -0.4 is 0 Å². The maximum atomic E-state index is 13.5. The maximum Gasteiger partial charge on any atom is 0.416 e. The first-order valence-corrected chi connectivity index (χ1v) is 11.3. The number of hydrogen-bond acceptors (Lipinski definition) is 5. The third kappa shape index (κ3) is 4.00. The molecule has 2 amide bonds. The molecule has 2 bridgehead atoms. The van der Waals surface area contributed by atoms with Crippen molar-refractivity contribution in [2.75, 3.05) is 26.2 Å². The number of amides is 2. The Hall–Kier alpha value is -2.91. The summed E-state index contributed by atoms with van der Waals surface area (Å²) in [5.41, 5.74) is -0.303. The molecule has 7 nitrogen and oxygen atoms in total. The standard InChI is InChI=1S/C23H25F3N4O3/c1-13(31)29-8-10-30(11-9-29)22(32)19-16-3-2-15(12-16)18(19)21-27-20(28-33-21)14-4-6-17(7-5-14)23(24,25)26/h4-7,15-16,18-19H,2-3,8-12H2,1H3/t15-,16+,18+,19+/m1/s1. The monoisotopic (exact) mass is 462 g/mol. The number of carbonyl (C=O) groups is 2. The zero-order chi connectivity index (χ0) is 23.3. The molecule has 1 aromatic carbocycles. The Bertz CT molecular complexity index is 1040. The van der Waals surface area contributed by atoms with E-state index in [0.29, 0.717) is 37.6 Å². The fourth-order valence-electron chi connectivity index (χ4n) is 5.75. The summed E-state index contributed by atoms with van der Waals surface area (Å²) in [7, 11) is 0. The molecule has 1 saturated heterocycles. The van der Waals surface area contributed by atoms with Gasteiger partial charge in [0.2, 0.25) is 23.5 Å². The van der Waals surface area contributed by atoms with Crippen LogP contribution >= 0.6 is 0 Å². The molecule has 10 heteroatoms. The molecule has 3 aliphatic rings. The molecule has 0 radical (unpaired) electrons. The topological polar surface area (TPSA) is 79.5 Å². The van der Waals surface area contributed by atoms with Crippen molar-refractivity contribution in [1.29, 1.82) is 0 Å². The lowest BCUT2D eigenvalue weighted by atomic mass is 9.78. The fourth-order valence-corrected chi connectivity index (χ4v) is 5.75. The summed E-state index contributed by atoms with van der Waals surface area (Å²) in [6.07, 6.45) is -1.49. The van der Waals surface area contributed by atoms with E-state index in [4.69, 9.17) is 4.52 Å². The van der Waals surface area contributed by atoms with Gasteiger partial charge in [0.05, 0.1) is 17.4 Å². The van der Waals surface area contributed by atoms with E-state index in [1.54, 1.807) is 4.90 Å². The number of alkyl halides is 3. The fraction of sp³-hybridized carbons (Fsp3) is 0.565. The van der Waals surface area contributed by atoms with Crippen LogP contribution in [0.15, 0.2) is 28.8 Å². The highest BCUT2D eigenvalue weighted by Gasteiger charge is 2.54. The molecule has 5 rings (SSSR count). The molecule has 2 aliphatic carbocycles. The third-order valence-electron chi connectivity index (χ3n) is 7.44. The molecule has 1 aromatic heterocycles. The van der Waals surface area contributed by atoms with Gasteiger partial charge in [-0.05, 0) is 43.2 Å². The van der Waals surface area contributed by atoms with E-state index in [-0.39, 0.29) is 41.3 Å². The van der Waals surface area contributed by atoms with Crippen molar-refractivity contribution in [2.45, 2.75) is 38.3 Å². The van der Waals surface area contributed by atoms with Gasteiger partial charge in [0.25, 0.3) is 0 Å². The first-order valence-electron chi connectivity index (χ1n) is 11.3. The number of hydrogen-bond donors (Lipinski definition) is 0. The second-order valence-corrected chi connectivity index (χ2v) is 9.25. The van der Waals surface area contributed by atoms with Crippen LogP contribution in [-0.4, -0.2) is 57.9 Å². The Morgan fingerprint density at radius 1 is 1.00 bits per heavy atom. The van der Waals surface area contributed by atoms with Crippen molar-refractivity contribution in [3.05, 3.63) is 35.7 Å². The quantitative estimate of drug-likeness (QED) is 0.697. The summed E-state index contributed by atoms with van der Waals surface area (Å²) in [5.74, 6) is 0.821. The lowest BCUT2D eigenvalue weighted by Crippen LogP contribution is -2.52. The third-order valence-corrected chi connectivity index (χ3v) is 7.44. The first kappa shape index (κ1) is 21.9. The second kappa shape index (κ2) is 8.14. The van der Waals surface area contributed by atoms with E-state index in [2.05, 4.69) is 10.1 Å². The Balaban J connectivity index is 1.35. The van der Waals surface area contributed by atoms with Crippen LogP contribution in [-0.2, 0) is 15.8 Å². The van der Waals surface area contributed by atoms with Crippen LogP contribution in [0.3, 0.4) is 0 Å². The van der Waals surface area contributed by atoms with Crippen LogP contribution in [0.5, 0.6) is 0 Å². The van der Waals surface area contributed by atoms with Crippen LogP contribution in [0.1, 0.15) is 43.6 Å². The smallest absolute Gasteiger partial charge is 0.339 e. The van der Waals surface area contributed by atoms with Crippen molar-refractivity contribution in [2.24, 2.45) is 17.8 Å². The molecular weight excluding hydrogens is 437 g/mol. The molecule has 2 saturated carbocycles. The largest absolute Gasteiger partial charge is 0.416 e. The minimum atomic E-state index is -4.41. The average molecular weight is 462 g/mol. The van der Waals surface area contributed by atoms with E-state index in [1.807, 2.05) is 4.90 Å². The minimum Gasteiger partial charge on any atom is -0.339 e. The zero-order valence-corrected chi connectivity index (χ0v) is 18.2. The van der Waals surface area contributed by atoms with Gasteiger partial charge in [0.15, 0.2) is 0 Å².